The molecule has 2 aliphatic rings. The average Bonchev–Trinajstić information content (AvgIpc) is 3.49. The van der Waals surface area contributed by atoms with Crippen LogP contribution >= 0.6 is 27.3 Å². The van der Waals surface area contributed by atoms with Crippen molar-refractivity contribution in [2.45, 2.75) is 32.2 Å². The molecule has 150 valence electrons. The number of nitrogens with zero attached hydrogens (tertiary/aromatic N) is 5. The number of aromatic nitrogens is 1. The third kappa shape index (κ3) is 4.16. The number of thiazole rings is 1. The smallest absolute Gasteiger partial charge is 0.117 e. The van der Waals surface area contributed by atoms with Crippen molar-refractivity contribution in [2.24, 2.45) is 10.2 Å². The van der Waals surface area contributed by atoms with Crippen LogP contribution < -0.4 is 9.80 Å². The van der Waals surface area contributed by atoms with Gasteiger partial charge in [0.05, 0.1) is 15.9 Å². The molecule has 5 rings (SSSR count). The molecule has 0 atom stereocenters. The fraction of sp³-hybridized carbons (Fsp3) is 0.409. The Labute approximate surface area is 183 Å². The van der Waals surface area contributed by atoms with Crippen LogP contribution in [0.2, 0.25) is 0 Å². The number of azo groups is 1. The topological polar surface area (TPSA) is 44.1 Å². The van der Waals surface area contributed by atoms with Gasteiger partial charge in [0.15, 0.2) is 0 Å². The summed E-state index contributed by atoms with van der Waals surface area (Å²) in [5.41, 5.74) is 4.53. The Kier molecular flexibility index (Phi) is 5.50. The van der Waals surface area contributed by atoms with Crippen molar-refractivity contribution in [3.63, 3.8) is 0 Å². The molecule has 0 N–H and O–H groups in total. The average molecular weight is 470 g/mol. The lowest BCUT2D eigenvalue weighted by atomic mass is 10.2. The predicted molar refractivity (Wildman–Crippen MR) is 125 cm³/mol. The molecule has 5 nitrogen and oxygen atoms in total. The molecule has 0 radical (unpaired) electrons. The van der Waals surface area contributed by atoms with Crippen molar-refractivity contribution in [3.05, 3.63) is 45.9 Å². The summed E-state index contributed by atoms with van der Waals surface area (Å²) in [5.74, 6) is 0. The maximum atomic E-state index is 4.69. The van der Waals surface area contributed by atoms with E-state index >= 15 is 0 Å². The van der Waals surface area contributed by atoms with Crippen LogP contribution in [0.4, 0.5) is 17.1 Å². The van der Waals surface area contributed by atoms with E-state index in [1.54, 1.807) is 11.3 Å². The Morgan fingerprint density at radius 3 is 2.48 bits per heavy atom. The number of fused-ring (bicyclic) bond motifs is 1. The molecule has 0 spiro atoms. The molecule has 0 unspecified atom stereocenters. The minimum atomic E-state index is 0.518. The zero-order chi connectivity index (χ0) is 19.6. The molecule has 3 heterocycles. The zero-order valence-electron chi connectivity index (χ0n) is 16.4. The molecule has 0 saturated carbocycles. The van der Waals surface area contributed by atoms with Crippen LogP contribution in [0, 0.1) is 0 Å². The van der Waals surface area contributed by atoms with Crippen molar-refractivity contribution < 1.29 is 0 Å². The fourth-order valence-electron chi connectivity index (χ4n) is 4.17. The molecule has 0 amide bonds. The van der Waals surface area contributed by atoms with Gasteiger partial charge in [-0.25, -0.2) is 4.98 Å². The quantitative estimate of drug-likeness (QED) is 0.398. The lowest BCUT2D eigenvalue weighted by molar-refractivity contribution is 0.926. The summed E-state index contributed by atoms with van der Waals surface area (Å²) in [4.78, 5) is 9.64. The van der Waals surface area contributed by atoms with E-state index in [-0.39, 0.29) is 0 Å². The standard InChI is InChI=1S/C22H24BrN5S/c23-16-5-8-21-19(13-16)25-22(29-21)15-24-26-18-7-6-17(27-9-1-2-10-27)14-20(18)28-11-3-4-12-28/h5-8,13-14H,1-4,9-12,15H2. The van der Waals surface area contributed by atoms with Gasteiger partial charge in [0, 0.05) is 36.3 Å². The van der Waals surface area contributed by atoms with E-state index in [9.17, 15) is 0 Å². The molecule has 0 bridgehead atoms. The normalized spacial score (nSPS) is 17.3. The van der Waals surface area contributed by atoms with Crippen molar-refractivity contribution in [3.8, 4) is 0 Å². The Morgan fingerprint density at radius 2 is 1.69 bits per heavy atom. The maximum absolute atomic E-state index is 4.69. The van der Waals surface area contributed by atoms with E-state index in [1.807, 2.05) is 0 Å². The van der Waals surface area contributed by atoms with Crippen LogP contribution in [-0.2, 0) is 6.54 Å². The second-order valence-electron chi connectivity index (χ2n) is 7.68. The molecule has 3 aromatic rings. The van der Waals surface area contributed by atoms with E-state index in [0.29, 0.717) is 6.54 Å². The molecular weight excluding hydrogens is 446 g/mol. The summed E-state index contributed by atoms with van der Waals surface area (Å²) in [6.07, 6.45) is 5.09. The molecular formula is C22H24BrN5S. The second-order valence-corrected chi connectivity index (χ2v) is 9.71. The minimum Gasteiger partial charge on any atom is -0.371 e. The van der Waals surface area contributed by atoms with Crippen molar-refractivity contribution in [1.82, 2.24) is 4.98 Å². The predicted octanol–water partition coefficient (Wildman–Crippen LogP) is 6.54. The summed E-state index contributed by atoms with van der Waals surface area (Å²) >= 11 is 5.20. The number of hydrogen-bond acceptors (Lipinski definition) is 6. The number of benzene rings is 2. The van der Waals surface area contributed by atoms with E-state index in [1.165, 1.54) is 41.8 Å². The summed E-state index contributed by atoms with van der Waals surface area (Å²) in [5, 5.41) is 10.1. The highest BCUT2D eigenvalue weighted by Gasteiger charge is 2.19. The van der Waals surface area contributed by atoms with Gasteiger partial charge in [-0.05, 0) is 62.1 Å². The summed E-state index contributed by atoms with van der Waals surface area (Å²) in [6.45, 7) is 5.06. The second kappa shape index (κ2) is 8.40. The first-order chi connectivity index (χ1) is 14.3. The van der Waals surface area contributed by atoms with Gasteiger partial charge in [-0.1, -0.05) is 15.9 Å². The molecule has 7 heteroatoms. The Balaban J connectivity index is 1.38. The van der Waals surface area contributed by atoms with Crippen LogP contribution in [0.5, 0.6) is 0 Å². The first-order valence-electron chi connectivity index (χ1n) is 10.3. The van der Waals surface area contributed by atoms with Gasteiger partial charge in [-0.2, -0.15) is 10.2 Å². The van der Waals surface area contributed by atoms with E-state index < -0.39 is 0 Å². The number of hydrogen-bond donors (Lipinski definition) is 0. The summed E-state index contributed by atoms with van der Waals surface area (Å²) in [7, 11) is 0. The third-order valence-corrected chi connectivity index (χ3v) is 7.17. The highest BCUT2D eigenvalue weighted by atomic mass is 79.9. The van der Waals surface area contributed by atoms with Gasteiger partial charge in [0.2, 0.25) is 0 Å². The fourth-order valence-corrected chi connectivity index (χ4v) is 5.38. The Bertz CT molecular complexity index is 1030. The molecule has 1 aromatic heterocycles. The van der Waals surface area contributed by atoms with Gasteiger partial charge >= 0.3 is 0 Å². The van der Waals surface area contributed by atoms with Crippen molar-refractivity contribution in [2.75, 3.05) is 36.0 Å². The molecule has 2 aliphatic heterocycles. The molecule has 29 heavy (non-hydrogen) atoms. The lowest BCUT2D eigenvalue weighted by Crippen LogP contribution is -2.20. The van der Waals surface area contributed by atoms with Gasteiger partial charge in [-0.15, -0.1) is 11.3 Å². The first-order valence-corrected chi connectivity index (χ1v) is 11.9. The number of rotatable bonds is 5. The number of anilines is 2. The van der Waals surface area contributed by atoms with E-state index in [4.69, 9.17) is 0 Å². The van der Waals surface area contributed by atoms with Crippen LogP contribution in [-0.4, -0.2) is 31.2 Å². The molecule has 2 aromatic carbocycles. The van der Waals surface area contributed by atoms with E-state index in [0.717, 1.165) is 46.9 Å². The van der Waals surface area contributed by atoms with Gasteiger partial charge in [-0.3, -0.25) is 0 Å². The molecule has 2 fully saturated rings. The van der Waals surface area contributed by atoms with Crippen LogP contribution in [0.1, 0.15) is 30.7 Å². The molecule has 0 aliphatic carbocycles. The summed E-state index contributed by atoms with van der Waals surface area (Å²) < 4.78 is 2.24. The van der Waals surface area contributed by atoms with E-state index in [2.05, 4.69) is 77.3 Å². The van der Waals surface area contributed by atoms with Gasteiger partial charge < -0.3 is 9.80 Å². The largest absolute Gasteiger partial charge is 0.371 e. The van der Waals surface area contributed by atoms with Gasteiger partial charge in [0.25, 0.3) is 0 Å². The SMILES string of the molecule is Brc1ccc2sc(CN=Nc3ccc(N4CCCC4)cc3N3CCCC3)nc2c1. The molecule has 2 saturated heterocycles. The highest BCUT2D eigenvalue weighted by Crippen LogP contribution is 2.36. The highest BCUT2D eigenvalue weighted by molar-refractivity contribution is 9.10. The minimum absolute atomic E-state index is 0.518. The van der Waals surface area contributed by atoms with Gasteiger partial charge in [0.1, 0.15) is 17.2 Å². The zero-order valence-corrected chi connectivity index (χ0v) is 18.8. The van der Waals surface area contributed by atoms with Crippen molar-refractivity contribution >= 4 is 54.5 Å². The maximum Gasteiger partial charge on any atom is 0.117 e. The third-order valence-electron chi connectivity index (χ3n) is 5.66. The van der Waals surface area contributed by atoms with Crippen LogP contribution in [0.3, 0.4) is 0 Å². The monoisotopic (exact) mass is 469 g/mol. The number of halogens is 1. The first kappa shape index (κ1) is 19.0. The summed E-state index contributed by atoms with van der Waals surface area (Å²) in [6, 6.07) is 12.9. The van der Waals surface area contributed by atoms with Crippen molar-refractivity contribution in [1.29, 1.82) is 0 Å². The Morgan fingerprint density at radius 1 is 0.931 bits per heavy atom. The lowest BCUT2D eigenvalue weighted by Gasteiger charge is -2.23. The van der Waals surface area contributed by atoms with Crippen LogP contribution in [0.15, 0.2) is 51.1 Å². The Hall–Kier alpha value is -1.99. The van der Waals surface area contributed by atoms with Crippen LogP contribution in [0.25, 0.3) is 10.2 Å².